The van der Waals surface area contributed by atoms with Gasteiger partial charge in [-0.2, -0.15) is 0 Å². The predicted octanol–water partition coefficient (Wildman–Crippen LogP) is -1.18. The van der Waals surface area contributed by atoms with Gasteiger partial charge in [0.05, 0.1) is 13.1 Å². The molecule has 1 atom stereocenters. The summed E-state index contributed by atoms with van der Waals surface area (Å²) in [5.74, 6) is -1.38. The van der Waals surface area contributed by atoms with Crippen molar-refractivity contribution in [1.29, 1.82) is 0 Å². The Balaban J connectivity index is 1.82. The van der Waals surface area contributed by atoms with Crippen molar-refractivity contribution < 1.29 is 24.6 Å². The van der Waals surface area contributed by atoms with Crippen LogP contribution in [0.15, 0.2) is 18.2 Å². The lowest BCUT2D eigenvalue weighted by Crippen LogP contribution is -2.49. The van der Waals surface area contributed by atoms with Crippen LogP contribution in [-0.2, 0) is 20.8 Å². The summed E-state index contributed by atoms with van der Waals surface area (Å²) in [6, 6.07) is 3.93. The summed E-state index contributed by atoms with van der Waals surface area (Å²) in [5.41, 5.74) is 5.95. The number of nitrogens with zero attached hydrogens (tertiary/aromatic N) is 1. The van der Waals surface area contributed by atoms with Crippen molar-refractivity contribution in [3.05, 3.63) is 23.8 Å². The van der Waals surface area contributed by atoms with Crippen LogP contribution in [0, 0.1) is 0 Å². The van der Waals surface area contributed by atoms with Gasteiger partial charge in [0.1, 0.15) is 6.04 Å². The molecule has 1 aliphatic heterocycles. The summed E-state index contributed by atoms with van der Waals surface area (Å²) in [6.07, 6.45) is 1.77. The zero-order valence-corrected chi connectivity index (χ0v) is 14.4. The monoisotopic (exact) mass is 364 g/mol. The molecule has 0 aromatic heterocycles. The van der Waals surface area contributed by atoms with Gasteiger partial charge in [0, 0.05) is 13.1 Å². The number of nitrogens with one attached hydrogen (secondary N) is 2. The third-order valence-electron chi connectivity index (χ3n) is 4.25. The SMILES string of the molecule is NCC(=O)NCC(=O)N1CCC[C@H]1C(=O)NCCc1ccc(O)c(O)c1. The number of amides is 3. The minimum Gasteiger partial charge on any atom is -0.504 e. The topological polar surface area (TPSA) is 145 Å². The van der Waals surface area contributed by atoms with Crippen LogP contribution in [0.3, 0.4) is 0 Å². The van der Waals surface area contributed by atoms with Crippen LogP contribution in [-0.4, -0.2) is 65.1 Å². The van der Waals surface area contributed by atoms with E-state index in [-0.39, 0.29) is 36.4 Å². The Morgan fingerprint density at radius 2 is 1.96 bits per heavy atom. The lowest BCUT2D eigenvalue weighted by molar-refractivity contribution is -0.138. The fraction of sp³-hybridized carbons (Fsp3) is 0.471. The van der Waals surface area contributed by atoms with Crippen molar-refractivity contribution in [1.82, 2.24) is 15.5 Å². The van der Waals surface area contributed by atoms with E-state index in [9.17, 15) is 24.6 Å². The maximum absolute atomic E-state index is 12.4. The van der Waals surface area contributed by atoms with E-state index < -0.39 is 11.9 Å². The van der Waals surface area contributed by atoms with Crippen LogP contribution in [0.4, 0.5) is 0 Å². The summed E-state index contributed by atoms with van der Waals surface area (Å²) in [5, 5.41) is 23.9. The summed E-state index contributed by atoms with van der Waals surface area (Å²) < 4.78 is 0. The number of rotatable bonds is 7. The Hall–Kier alpha value is -2.81. The Labute approximate surface area is 151 Å². The highest BCUT2D eigenvalue weighted by Crippen LogP contribution is 2.25. The maximum atomic E-state index is 12.4. The van der Waals surface area contributed by atoms with Gasteiger partial charge < -0.3 is 31.5 Å². The van der Waals surface area contributed by atoms with E-state index in [0.29, 0.717) is 25.9 Å². The zero-order chi connectivity index (χ0) is 19.1. The molecule has 1 aliphatic rings. The molecular weight excluding hydrogens is 340 g/mol. The highest BCUT2D eigenvalue weighted by Gasteiger charge is 2.33. The van der Waals surface area contributed by atoms with Gasteiger partial charge in [0.2, 0.25) is 17.7 Å². The number of carbonyl (C=O) groups is 3. The number of aromatic hydroxyl groups is 2. The molecule has 9 heteroatoms. The average molecular weight is 364 g/mol. The largest absolute Gasteiger partial charge is 0.504 e. The van der Waals surface area contributed by atoms with Crippen LogP contribution in [0.2, 0.25) is 0 Å². The molecule has 1 heterocycles. The molecule has 2 rings (SSSR count). The summed E-state index contributed by atoms with van der Waals surface area (Å²) in [7, 11) is 0. The molecule has 6 N–H and O–H groups in total. The van der Waals surface area contributed by atoms with Crippen LogP contribution in [0.5, 0.6) is 11.5 Å². The van der Waals surface area contributed by atoms with E-state index in [1.165, 1.54) is 17.0 Å². The molecule has 0 spiro atoms. The first-order valence-electron chi connectivity index (χ1n) is 8.47. The third-order valence-corrected chi connectivity index (χ3v) is 4.25. The number of hydrogen-bond donors (Lipinski definition) is 5. The van der Waals surface area contributed by atoms with Gasteiger partial charge in [-0.1, -0.05) is 6.07 Å². The molecule has 0 saturated carbocycles. The second kappa shape index (κ2) is 9.04. The lowest BCUT2D eigenvalue weighted by atomic mass is 10.1. The van der Waals surface area contributed by atoms with Crippen LogP contribution in [0.1, 0.15) is 18.4 Å². The van der Waals surface area contributed by atoms with E-state index >= 15 is 0 Å². The smallest absolute Gasteiger partial charge is 0.242 e. The number of phenolic OH excluding ortho intramolecular Hbond substituents is 2. The molecule has 9 nitrogen and oxygen atoms in total. The molecule has 0 bridgehead atoms. The second-order valence-electron chi connectivity index (χ2n) is 6.09. The number of likely N-dealkylation sites (tertiary alicyclic amines) is 1. The number of nitrogens with two attached hydrogens (primary N) is 1. The first-order chi connectivity index (χ1) is 12.4. The van der Waals surface area contributed by atoms with Crippen LogP contribution >= 0.6 is 0 Å². The zero-order valence-electron chi connectivity index (χ0n) is 14.4. The molecule has 1 aromatic rings. The summed E-state index contributed by atoms with van der Waals surface area (Å²) >= 11 is 0. The van der Waals surface area contributed by atoms with Gasteiger partial charge in [0.25, 0.3) is 0 Å². The predicted molar refractivity (Wildman–Crippen MR) is 93.3 cm³/mol. The molecule has 1 aromatic carbocycles. The van der Waals surface area contributed by atoms with Crippen LogP contribution < -0.4 is 16.4 Å². The quantitative estimate of drug-likeness (QED) is 0.385. The lowest BCUT2D eigenvalue weighted by Gasteiger charge is -2.24. The van der Waals surface area contributed by atoms with Crippen molar-refractivity contribution in [2.75, 3.05) is 26.2 Å². The van der Waals surface area contributed by atoms with Crippen molar-refractivity contribution in [3.63, 3.8) is 0 Å². The Bertz CT molecular complexity index is 679. The second-order valence-corrected chi connectivity index (χ2v) is 6.09. The molecule has 1 saturated heterocycles. The normalized spacial score (nSPS) is 16.3. The molecule has 142 valence electrons. The molecule has 0 aliphatic carbocycles. The van der Waals surface area contributed by atoms with E-state index in [4.69, 9.17) is 5.73 Å². The third kappa shape index (κ3) is 5.09. The van der Waals surface area contributed by atoms with E-state index in [2.05, 4.69) is 10.6 Å². The van der Waals surface area contributed by atoms with Gasteiger partial charge >= 0.3 is 0 Å². The Kier molecular flexibility index (Phi) is 6.79. The van der Waals surface area contributed by atoms with Crippen molar-refractivity contribution in [2.45, 2.75) is 25.3 Å². The minimum atomic E-state index is -0.550. The Morgan fingerprint density at radius 1 is 1.19 bits per heavy atom. The maximum Gasteiger partial charge on any atom is 0.242 e. The van der Waals surface area contributed by atoms with E-state index in [1.807, 2.05) is 0 Å². The number of hydrogen-bond acceptors (Lipinski definition) is 6. The first-order valence-corrected chi connectivity index (χ1v) is 8.47. The van der Waals surface area contributed by atoms with Crippen molar-refractivity contribution in [2.24, 2.45) is 5.73 Å². The molecule has 0 unspecified atom stereocenters. The van der Waals surface area contributed by atoms with E-state index in [1.54, 1.807) is 6.07 Å². The number of phenols is 2. The molecular formula is C17H24N4O5. The molecule has 26 heavy (non-hydrogen) atoms. The van der Waals surface area contributed by atoms with Gasteiger partial charge in [0.15, 0.2) is 11.5 Å². The van der Waals surface area contributed by atoms with Gasteiger partial charge in [-0.05, 0) is 37.0 Å². The van der Waals surface area contributed by atoms with Crippen LogP contribution in [0.25, 0.3) is 0 Å². The fourth-order valence-corrected chi connectivity index (χ4v) is 2.86. The van der Waals surface area contributed by atoms with Crippen molar-refractivity contribution >= 4 is 17.7 Å². The first kappa shape index (κ1) is 19.5. The van der Waals surface area contributed by atoms with Gasteiger partial charge in [-0.3, -0.25) is 14.4 Å². The van der Waals surface area contributed by atoms with Gasteiger partial charge in [-0.15, -0.1) is 0 Å². The molecule has 3 amide bonds. The van der Waals surface area contributed by atoms with Gasteiger partial charge in [-0.25, -0.2) is 0 Å². The highest BCUT2D eigenvalue weighted by molar-refractivity contribution is 5.90. The van der Waals surface area contributed by atoms with E-state index in [0.717, 1.165) is 12.0 Å². The molecule has 0 radical (unpaired) electrons. The standard InChI is InChI=1S/C17H24N4O5/c18-9-15(24)20-10-16(25)21-7-1-2-12(21)17(26)19-6-5-11-3-4-13(22)14(23)8-11/h3-4,8,12,22-23H,1-2,5-7,9-10,18H2,(H,19,26)(H,20,24)/t12-/m0/s1. The summed E-state index contributed by atoms with van der Waals surface area (Å²) in [6.45, 7) is 0.448. The Morgan fingerprint density at radius 3 is 2.65 bits per heavy atom. The minimum absolute atomic E-state index is 0.174. The van der Waals surface area contributed by atoms with Crippen molar-refractivity contribution in [3.8, 4) is 11.5 Å². The summed E-state index contributed by atoms with van der Waals surface area (Å²) in [4.78, 5) is 37.2. The fourth-order valence-electron chi connectivity index (χ4n) is 2.86. The highest BCUT2D eigenvalue weighted by atomic mass is 16.3. The number of carbonyl (C=O) groups excluding carboxylic acids is 3. The number of benzene rings is 1. The molecule has 1 fully saturated rings. The average Bonchev–Trinajstić information content (AvgIpc) is 3.12.